The first-order chi connectivity index (χ1) is 15.5. The summed E-state index contributed by atoms with van der Waals surface area (Å²) in [5.41, 5.74) is 2.90. The van der Waals surface area contributed by atoms with Crippen LogP contribution in [0.2, 0.25) is 0 Å². The Hall–Kier alpha value is -4.18. The second-order valence-corrected chi connectivity index (χ2v) is 7.39. The molecule has 0 bridgehead atoms. The van der Waals surface area contributed by atoms with Crippen molar-refractivity contribution in [2.75, 3.05) is 20.7 Å². The number of pyridine rings is 1. The number of hydrogen-bond donors (Lipinski definition) is 0. The Balaban J connectivity index is 1.81. The number of carbonyl (C=O) groups excluding carboxylic acids is 1. The summed E-state index contributed by atoms with van der Waals surface area (Å²) in [4.78, 5) is 13.5. The molecular formula is C25H23N3O4. The lowest BCUT2D eigenvalue weighted by Crippen LogP contribution is -2.25. The zero-order valence-electron chi connectivity index (χ0n) is 18.2. The molecule has 2 aromatic carbocycles. The number of aromatic nitrogens is 1. The Kier molecular flexibility index (Phi) is 5.86. The van der Waals surface area contributed by atoms with E-state index in [9.17, 15) is 10.1 Å². The molecule has 0 aliphatic carbocycles. The molecule has 2 heterocycles. The third kappa shape index (κ3) is 4.03. The number of nitriles is 1. The largest absolute Gasteiger partial charge is 0.494 e. The minimum atomic E-state index is -0.499. The van der Waals surface area contributed by atoms with Crippen molar-refractivity contribution < 1.29 is 19.0 Å². The molecule has 0 unspecified atom stereocenters. The number of fused-ring (bicyclic) bond motifs is 3. The summed E-state index contributed by atoms with van der Waals surface area (Å²) in [5.74, 6) is 1.56. The lowest BCUT2D eigenvalue weighted by atomic mass is 10.1. The van der Waals surface area contributed by atoms with Crippen LogP contribution in [0.5, 0.6) is 17.2 Å². The van der Waals surface area contributed by atoms with Gasteiger partial charge in [0.25, 0.3) is 0 Å². The second kappa shape index (κ2) is 8.90. The lowest BCUT2D eigenvalue weighted by molar-refractivity contribution is 0.171. The standard InChI is InChI=1S/C25H23N3O4/c1-4-30-18-9-7-8-17(12-18)16-31-23-14-19(32-25(29)27(2)3)13-22-24(23)20(15-26)21-10-5-6-11-28(21)22/h5-14H,4,16H2,1-3H3. The fraction of sp³-hybridized carbons (Fsp3) is 0.200. The third-order valence-electron chi connectivity index (χ3n) is 4.97. The Bertz CT molecular complexity index is 1330. The molecule has 0 N–H and O–H groups in total. The summed E-state index contributed by atoms with van der Waals surface area (Å²) in [6.07, 6.45) is 1.37. The predicted molar refractivity (Wildman–Crippen MR) is 121 cm³/mol. The summed E-state index contributed by atoms with van der Waals surface area (Å²) in [6, 6.07) is 19.0. The molecule has 0 fully saturated rings. The van der Waals surface area contributed by atoms with E-state index in [1.165, 1.54) is 4.90 Å². The van der Waals surface area contributed by atoms with Gasteiger partial charge in [-0.3, -0.25) is 0 Å². The van der Waals surface area contributed by atoms with E-state index in [4.69, 9.17) is 14.2 Å². The quantitative estimate of drug-likeness (QED) is 0.431. The van der Waals surface area contributed by atoms with Crippen LogP contribution >= 0.6 is 0 Å². The molecule has 0 atom stereocenters. The van der Waals surface area contributed by atoms with Gasteiger partial charge in [0.05, 0.1) is 28.6 Å². The Morgan fingerprint density at radius 1 is 1.03 bits per heavy atom. The molecule has 162 valence electrons. The van der Waals surface area contributed by atoms with Crippen molar-refractivity contribution in [3.63, 3.8) is 0 Å². The van der Waals surface area contributed by atoms with Crippen molar-refractivity contribution in [3.05, 3.63) is 71.9 Å². The van der Waals surface area contributed by atoms with E-state index in [0.29, 0.717) is 29.1 Å². The summed E-state index contributed by atoms with van der Waals surface area (Å²) in [6.45, 7) is 2.77. The number of amides is 1. The average molecular weight is 429 g/mol. The first kappa shape index (κ1) is 21.1. The van der Waals surface area contributed by atoms with E-state index < -0.39 is 6.09 Å². The van der Waals surface area contributed by atoms with Crippen LogP contribution in [0.1, 0.15) is 18.1 Å². The van der Waals surface area contributed by atoms with E-state index >= 15 is 0 Å². The molecule has 2 aromatic heterocycles. The topological polar surface area (TPSA) is 76.2 Å². The van der Waals surface area contributed by atoms with Crippen LogP contribution in [0.25, 0.3) is 16.4 Å². The normalized spacial score (nSPS) is 10.7. The van der Waals surface area contributed by atoms with Crippen LogP contribution in [0.4, 0.5) is 4.79 Å². The van der Waals surface area contributed by atoms with Gasteiger partial charge in [0.2, 0.25) is 0 Å². The zero-order valence-corrected chi connectivity index (χ0v) is 18.2. The smallest absolute Gasteiger partial charge is 0.414 e. The summed E-state index contributed by atoms with van der Waals surface area (Å²) in [7, 11) is 3.23. The first-order valence-corrected chi connectivity index (χ1v) is 10.2. The van der Waals surface area contributed by atoms with Gasteiger partial charge in [-0.25, -0.2) is 4.79 Å². The lowest BCUT2D eigenvalue weighted by Gasteiger charge is -2.14. The maximum atomic E-state index is 12.2. The van der Waals surface area contributed by atoms with Crippen molar-refractivity contribution in [1.29, 1.82) is 5.26 Å². The first-order valence-electron chi connectivity index (χ1n) is 10.2. The minimum Gasteiger partial charge on any atom is -0.494 e. The van der Waals surface area contributed by atoms with Crippen LogP contribution in [0.3, 0.4) is 0 Å². The maximum Gasteiger partial charge on any atom is 0.414 e. The van der Waals surface area contributed by atoms with Crippen LogP contribution in [-0.4, -0.2) is 36.1 Å². The number of hydrogen-bond acceptors (Lipinski definition) is 5. The molecule has 0 spiro atoms. The number of nitrogens with zero attached hydrogens (tertiary/aromatic N) is 3. The van der Waals surface area contributed by atoms with Gasteiger partial charge in [-0.2, -0.15) is 5.26 Å². The number of ether oxygens (including phenoxy) is 3. The van der Waals surface area contributed by atoms with Gasteiger partial charge < -0.3 is 23.5 Å². The number of rotatable bonds is 6. The van der Waals surface area contributed by atoms with Crippen molar-refractivity contribution in [2.24, 2.45) is 0 Å². The highest BCUT2D eigenvalue weighted by Crippen LogP contribution is 2.38. The van der Waals surface area contributed by atoms with Crippen LogP contribution in [0.15, 0.2) is 60.8 Å². The summed E-state index contributed by atoms with van der Waals surface area (Å²) in [5, 5.41) is 10.6. The van der Waals surface area contributed by atoms with Gasteiger partial charge in [0.1, 0.15) is 29.9 Å². The molecule has 0 saturated heterocycles. The molecule has 0 saturated carbocycles. The Labute approximate surface area is 185 Å². The highest BCUT2D eigenvalue weighted by atomic mass is 16.6. The van der Waals surface area contributed by atoms with Crippen molar-refractivity contribution in [2.45, 2.75) is 13.5 Å². The number of benzene rings is 2. The van der Waals surface area contributed by atoms with Gasteiger partial charge in [-0.15, -0.1) is 0 Å². The van der Waals surface area contributed by atoms with Crippen molar-refractivity contribution in [3.8, 4) is 23.3 Å². The van der Waals surface area contributed by atoms with E-state index in [1.807, 2.05) is 60.0 Å². The van der Waals surface area contributed by atoms with E-state index in [2.05, 4.69) is 6.07 Å². The Morgan fingerprint density at radius 2 is 1.88 bits per heavy atom. The molecule has 0 aliphatic heterocycles. The SMILES string of the molecule is CCOc1cccc(COc2cc(OC(=O)N(C)C)cc3c2c(C#N)c2ccccn23)c1. The zero-order chi connectivity index (χ0) is 22.7. The summed E-state index contributed by atoms with van der Waals surface area (Å²) >= 11 is 0. The molecule has 32 heavy (non-hydrogen) atoms. The van der Waals surface area contributed by atoms with Gasteiger partial charge in [-0.05, 0) is 36.8 Å². The highest BCUT2D eigenvalue weighted by molar-refractivity contribution is 6.00. The van der Waals surface area contributed by atoms with E-state index in [0.717, 1.165) is 22.3 Å². The van der Waals surface area contributed by atoms with Crippen LogP contribution < -0.4 is 14.2 Å². The minimum absolute atomic E-state index is 0.262. The summed E-state index contributed by atoms with van der Waals surface area (Å²) < 4.78 is 19.1. The maximum absolute atomic E-state index is 12.2. The molecule has 1 amide bonds. The number of carbonyl (C=O) groups is 1. The fourth-order valence-corrected chi connectivity index (χ4v) is 3.53. The molecule has 4 rings (SSSR count). The predicted octanol–water partition coefficient (Wildman–Crippen LogP) is 5.00. The van der Waals surface area contributed by atoms with Crippen molar-refractivity contribution in [1.82, 2.24) is 9.30 Å². The monoisotopic (exact) mass is 429 g/mol. The van der Waals surface area contributed by atoms with Gasteiger partial charge in [-0.1, -0.05) is 18.2 Å². The van der Waals surface area contributed by atoms with Crippen LogP contribution in [0, 0.1) is 11.3 Å². The van der Waals surface area contributed by atoms with Crippen molar-refractivity contribution >= 4 is 22.5 Å². The highest BCUT2D eigenvalue weighted by Gasteiger charge is 2.19. The molecule has 4 aromatic rings. The Morgan fingerprint density at radius 3 is 2.62 bits per heavy atom. The molecule has 7 heteroatoms. The van der Waals surface area contributed by atoms with Crippen LogP contribution in [-0.2, 0) is 6.61 Å². The third-order valence-corrected chi connectivity index (χ3v) is 4.97. The van der Waals surface area contributed by atoms with Gasteiger partial charge in [0, 0.05) is 32.4 Å². The molecular weight excluding hydrogens is 406 g/mol. The molecule has 0 aliphatic rings. The molecule has 7 nitrogen and oxygen atoms in total. The van der Waals surface area contributed by atoms with Gasteiger partial charge in [0.15, 0.2) is 0 Å². The average Bonchev–Trinajstić information content (AvgIpc) is 3.11. The second-order valence-electron chi connectivity index (χ2n) is 7.39. The van der Waals surface area contributed by atoms with E-state index in [1.54, 1.807) is 26.2 Å². The fourth-order valence-electron chi connectivity index (χ4n) is 3.53. The molecule has 0 radical (unpaired) electrons. The van der Waals surface area contributed by atoms with Gasteiger partial charge >= 0.3 is 6.09 Å². The van der Waals surface area contributed by atoms with E-state index in [-0.39, 0.29) is 6.61 Å².